The van der Waals surface area contributed by atoms with E-state index in [-0.39, 0.29) is 11.8 Å². The number of fused-ring (bicyclic) bond motifs is 2. The number of nitrogens with zero attached hydrogens (tertiary/aromatic N) is 6. The van der Waals surface area contributed by atoms with Gasteiger partial charge in [0, 0.05) is 63.5 Å². The number of carbonyl (C=O) groups excluding carboxylic acids is 2. The van der Waals surface area contributed by atoms with Crippen LogP contribution >= 0.6 is 23.2 Å². The summed E-state index contributed by atoms with van der Waals surface area (Å²) in [6, 6.07) is 31.9. The minimum absolute atomic E-state index is 0.0663. The third kappa shape index (κ3) is 7.05. The molecule has 312 valence electrons. The van der Waals surface area contributed by atoms with Crippen LogP contribution in [0.25, 0.3) is 33.9 Å². The molecule has 61 heavy (non-hydrogen) atoms. The number of para-hydroxylation sites is 2. The van der Waals surface area contributed by atoms with Crippen LogP contribution in [0.4, 0.5) is 0 Å². The van der Waals surface area contributed by atoms with Crippen molar-refractivity contribution in [3.63, 3.8) is 0 Å². The predicted molar refractivity (Wildman–Crippen MR) is 242 cm³/mol. The number of rotatable bonds is 8. The van der Waals surface area contributed by atoms with Crippen molar-refractivity contribution in [3.8, 4) is 45.4 Å². The molecule has 4 aliphatic rings. The van der Waals surface area contributed by atoms with Crippen molar-refractivity contribution in [1.82, 2.24) is 29.2 Å². The Morgan fingerprint density at radius 1 is 0.475 bits per heavy atom. The van der Waals surface area contributed by atoms with E-state index in [2.05, 4.69) is 57.3 Å². The van der Waals surface area contributed by atoms with E-state index in [1.165, 1.54) is 12.8 Å². The quantitative estimate of drug-likeness (QED) is 0.153. The van der Waals surface area contributed by atoms with Gasteiger partial charge in [-0.05, 0) is 135 Å². The maximum Gasteiger partial charge on any atom is 0.270 e. The van der Waals surface area contributed by atoms with Crippen molar-refractivity contribution in [2.45, 2.75) is 65.2 Å². The average molecular weight is 854 g/mol. The van der Waals surface area contributed by atoms with Gasteiger partial charge in [-0.15, -0.1) is 0 Å². The Labute approximate surface area is 367 Å². The Kier molecular flexibility index (Phi) is 10.8. The zero-order valence-corrected chi connectivity index (χ0v) is 36.3. The summed E-state index contributed by atoms with van der Waals surface area (Å²) in [5.74, 6) is 1.52. The first-order valence-electron chi connectivity index (χ1n) is 21.8. The van der Waals surface area contributed by atoms with Gasteiger partial charge in [-0.1, -0.05) is 60.3 Å². The van der Waals surface area contributed by atoms with Crippen LogP contribution in [0.2, 0.25) is 10.0 Å². The van der Waals surface area contributed by atoms with Crippen LogP contribution in [0.3, 0.4) is 0 Å². The lowest BCUT2D eigenvalue weighted by molar-refractivity contribution is -0.0240. The molecule has 4 aromatic carbocycles. The van der Waals surface area contributed by atoms with Gasteiger partial charge in [-0.3, -0.25) is 19.6 Å². The van der Waals surface area contributed by atoms with E-state index in [9.17, 15) is 9.59 Å². The molecule has 2 aromatic heterocycles. The molecule has 11 heteroatoms. The molecular formula is C50H50Cl2N6O3. The second-order valence-corrected chi connectivity index (χ2v) is 17.5. The van der Waals surface area contributed by atoms with Gasteiger partial charge < -0.3 is 13.9 Å². The summed E-state index contributed by atoms with van der Waals surface area (Å²) in [6.45, 7) is 9.08. The van der Waals surface area contributed by atoms with Gasteiger partial charge in [0.15, 0.2) is 0 Å². The molecular weight excluding hydrogens is 803 g/mol. The van der Waals surface area contributed by atoms with E-state index < -0.39 is 0 Å². The number of carbonyl (C=O) groups is 2. The number of hydrogen-bond donors (Lipinski definition) is 0. The highest BCUT2D eigenvalue weighted by Gasteiger charge is 2.38. The highest BCUT2D eigenvalue weighted by atomic mass is 35.5. The van der Waals surface area contributed by atoms with Gasteiger partial charge in [0.05, 0.1) is 43.9 Å². The van der Waals surface area contributed by atoms with E-state index >= 15 is 0 Å². The summed E-state index contributed by atoms with van der Waals surface area (Å²) in [5, 5.41) is 9.71. The molecule has 0 saturated carbocycles. The molecule has 9 nitrogen and oxygen atoms in total. The third-order valence-corrected chi connectivity index (χ3v) is 13.7. The summed E-state index contributed by atoms with van der Waals surface area (Å²) in [5.41, 5.74) is 11.0. The molecule has 0 atom stereocenters. The van der Waals surface area contributed by atoms with Gasteiger partial charge in [0.2, 0.25) is 0 Å². The van der Waals surface area contributed by atoms with E-state index in [0.29, 0.717) is 34.6 Å². The second-order valence-electron chi connectivity index (χ2n) is 16.7. The Morgan fingerprint density at radius 3 is 1.23 bits per heavy atom. The van der Waals surface area contributed by atoms with Gasteiger partial charge >= 0.3 is 0 Å². The minimum atomic E-state index is 0.0663. The lowest BCUT2D eigenvalue weighted by Crippen LogP contribution is -2.51. The van der Waals surface area contributed by atoms with Gasteiger partial charge in [-0.25, -0.2) is 10.0 Å². The minimum Gasteiger partial charge on any atom is -0.457 e. The van der Waals surface area contributed by atoms with Gasteiger partial charge in [0.25, 0.3) is 11.8 Å². The molecule has 2 fully saturated rings. The molecule has 0 aliphatic carbocycles. The molecule has 2 amide bonds. The van der Waals surface area contributed by atoms with Crippen molar-refractivity contribution >= 4 is 35.0 Å². The summed E-state index contributed by atoms with van der Waals surface area (Å²) >= 11 is 13.8. The molecule has 0 radical (unpaired) electrons. The zero-order chi connectivity index (χ0) is 41.8. The fraction of sp³-hybridized carbons (Fsp3) is 0.320. The van der Waals surface area contributed by atoms with Crippen LogP contribution in [0.5, 0.6) is 11.5 Å². The summed E-state index contributed by atoms with van der Waals surface area (Å²) in [4.78, 5) is 28.6. The number of benzene rings is 4. The van der Waals surface area contributed by atoms with Gasteiger partial charge in [-0.2, -0.15) is 0 Å². The lowest BCUT2D eigenvalue weighted by atomic mass is 10.0. The number of ether oxygens (including phenoxy) is 1. The van der Waals surface area contributed by atoms with Crippen LogP contribution < -0.4 is 4.74 Å². The summed E-state index contributed by atoms with van der Waals surface area (Å²) < 4.78 is 10.9. The summed E-state index contributed by atoms with van der Waals surface area (Å²) in [6.07, 6.45) is 8.33. The Balaban J connectivity index is 0.957. The molecule has 0 N–H and O–H groups in total. The Morgan fingerprint density at radius 2 is 0.852 bits per heavy atom. The molecule has 0 unspecified atom stereocenters. The smallest absolute Gasteiger partial charge is 0.270 e. The zero-order valence-electron chi connectivity index (χ0n) is 34.8. The highest BCUT2D eigenvalue weighted by Crippen LogP contribution is 2.42. The number of hydrogen-bond acceptors (Lipinski definition) is 5. The Bertz CT molecular complexity index is 2460. The Hall–Kier alpha value is -5.32. The van der Waals surface area contributed by atoms with Crippen molar-refractivity contribution in [1.29, 1.82) is 0 Å². The SMILES string of the molecule is Cc1c2c(n(-c3ccccc3Cl)c1-c1ccc(Oc3ccc(-c4c(C)c5c(n4-c4ccccc4Cl)CCN(N4CCCCC4)C5=O)cc3)cc1)CCN(N1CCCCC1)C2=O. The van der Waals surface area contributed by atoms with Crippen LogP contribution in [-0.2, 0) is 12.8 Å². The van der Waals surface area contributed by atoms with Crippen LogP contribution in [0.15, 0.2) is 97.1 Å². The monoisotopic (exact) mass is 852 g/mol. The first-order valence-corrected chi connectivity index (χ1v) is 22.5. The molecule has 6 heterocycles. The number of hydrazine groups is 2. The normalized spacial score (nSPS) is 17.4. The first-order chi connectivity index (χ1) is 29.8. The average Bonchev–Trinajstić information content (AvgIpc) is 3.76. The van der Waals surface area contributed by atoms with E-state index in [4.69, 9.17) is 27.9 Å². The highest BCUT2D eigenvalue weighted by molar-refractivity contribution is 6.32. The standard InChI is InChI=1S/C50H50Cl2N6O3/c1-33-45-43(25-31-55(49(45)59)53-27-9-3-10-28-53)57(41-15-7-5-13-39(41)51)47(33)35-17-21-37(22-18-35)61-38-23-19-36(20-24-38)48-34(2)46-44(58(48)42-16-8-6-14-40(42)52)26-32-56(50(46)60)54-29-11-4-12-30-54/h5-8,13-24H,3-4,9-12,25-32H2,1-2H3. The van der Waals surface area contributed by atoms with Crippen molar-refractivity contribution in [2.75, 3.05) is 39.3 Å². The molecule has 6 aromatic rings. The number of piperidine rings is 2. The second kappa shape index (κ2) is 16.5. The molecule has 10 rings (SSSR count). The van der Waals surface area contributed by atoms with E-state index in [0.717, 1.165) is 132 Å². The van der Waals surface area contributed by atoms with Crippen molar-refractivity contribution in [2.24, 2.45) is 0 Å². The van der Waals surface area contributed by atoms with Crippen molar-refractivity contribution in [3.05, 3.63) is 141 Å². The predicted octanol–water partition coefficient (Wildman–Crippen LogP) is 11.1. The fourth-order valence-electron chi connectivity index (χ4n) is 10.2. The first kappa shape index (κ1) is 39.8. The van der Waals surface area contributed by atoms with Gasteiger partial charge in [0.1, 0.15) is 11.5 Å². The maximum atomic E-state index is 14.3. The van der Waals surface area contributed by atoms with Crippen LogP contribution in [-0.4, -0.2) is 80.3 Å². The summed E-state index contributed by atoms with van der Waals surface area (Å²) in [7, 11) is 0. The lowest BCUT2D eigenvalue weighted by Gasteiger charge is -2.39. The topological polar surface area (TPSA) is 66.2 Å². The van der Waals surface area contributed by atoms with E-state index in [1.807, 2.05) is 82.8 Å². The van der Waals surface area contributed by atoms with Crippen molar-refractivity contribution < 1.29 is 14.3 Å². The largest absolute Gasteiger partial charge is 0.457 e. The third-order valence-electron chi connectivity index (χ3n) is 13.1. The maximum absolute atomic E-state index is 14.3. The molecule has 4 aliphatic heterocycles. The molecule has 0 spiro atoms. The number of aromatic nitrogens is 2. The van der Waals surface area contributed by atoms with E-state index in [1.54, 1.807) is 0 Å². The molecule has 0 bridgehead atoms. The van der Waals surface area contributed by atoms with Crippen LogP contribution in [0.1, 0.15) is 81.8 Å². The number of amides is 2. The van der Waals surface area contributed by atoms with Crippen LogP contribution in [0, 0.1) is 13.8 Å². The number of halogens is 2. The molecule has 2 saturated heterocycles. The fourth-order valence-corrected chi connectivity index (χ4v) is 10.6.